The number of carboxylic acid groups (broad SMARTS) is 1. The van der Waals surface area contributed by atoms with Crippen molar-refractivity contribution in [1.29, 1.82) is 0 Å². The Bertz CT molecular complexity index is 958. The van der Waals surface area contributed by atoms with Gasteiger partial charge in [0.05, 0.1) is 5.92 Å². The lowest BCUT2D eigenvalue weighted by molar-refractivity contribution is -0.141. The maximum absolute atomic E-state index is 12.6. The van der Waals surface area contributed by atoms with Gasteiger partial charge >= 0.3 is 12.1 Å². The summed E-state index contributed by atoms with van der Waals surface area (Å²) in [6.07, 6.45) is 0.127. The van der Waals surface area contributed by atoms with Crippen LogP contribution in [0.25, 0.3) is 11.1 Å². The summed E-state index contributed by atoms with van der Waals surface area (Å²) in [5.41, 5.74) is 4.54. The molecule has 2 amide bonds. The van der Waals surface area contributed by atoms with Gasteiger partial charge in [0.15, 0.2) is 0 Å². The van der Waals surface area contributed by atoms with Crippen molar-refractivity contribution in [2.75, 3.05) is 13.2 Å². The molecule has 33 heavy (non-hydrogen) atoms. The molecule has 0 aliphatic heterocycles. The topological polar surface area (TPSA) is 105 Å². The molecule has 7 nitrogen and oxygen atoms in total. The number of rotatable bonds is 10. The van der Waals surface area contributed by atoms with Gasteiger partial charge in [0, 0.05) is 12.5 Å². The SMILES string of the molecule is CC(C)C[C@H](NC(=O)OCC1c2ccccc2-c2ccccc21)C(=O)NCCC(C)C(=O)O. The number of aliphatic carboxylic acids is 1. The minimum atomic E-state index is -0.903. The molecule has 1 unspecified atom stereocenters. The summed E-state index contributed by atoms with van der Waals surface area (Å²) in [6.45, 7) is 5.92. The second-order valence-electron chi connectivity index (χ2n) is 8.97. The fourth-order valence-corrected chi connectivity index (χ4v) is 4.14. The van der Waals surface area contributed by atoms with Crippen molar-refractivity contribution in [2.24, 2.45) is 11.8 Å². The molecule has 1 aliphatic rings. The van der Waals surface area contributed by atoms with Crippen LogP contribution in [0.2, 0.25) is 0 Å². The van der Waals surface area contributed by atoms with Crippen molar-refractivity contribution in [3.05, 3.63) is 59.7 Å². The van der Waals surface area contributed by atoms with Crippen LogP contribution in [0.3, 0.4) is 0 Å². The van der Waals surface area contributed by atoms with Crippen LogP contribution in [0.5, 0.6) is 0 Å². The summed E-state index contributed by atoms with van der Waals surface area (Å²) in [4.78, 5) is 36.2. The minimum Gasteiger partial charge on any atom is -0.481 e. The van der Waals surface area contributed by atoms with Crippen LogP contribution in [0.1, 0.15) is 50.7 Å². The van der Waals surface area contributed by atoms with Gasteiger partial charge in [0.1, 0.15) is 12.6 Å². The van der Waals surface area contributed by atoms with E-state index in [1.54, 1.807) is 6.92 Å². The second kappa shape index (κ2) is 11.0. The first-order chi connectivity index (χ1) is 15.8. The summed E-state index contributed by atoms with van der Waals surface area (Å²) < 4.78 is 5.57. The molecule has 0 bridgehead atoms. The Morgan fingerprint density at radius 3 is 2.09 bits per heavy atom. The van der Waals surface area contributed by atoms with E-state index in [0.717, 1.165) is 22.3 Å². The second-order valence-corrected chi connectivity index (χ2v) is 8.97. The molecule has 0 radical (unpaired) electrons. The number of carbonyl (C=O) groups is 3. The highest BCUT2D eigenvalue weighted by Gasteiger charge is 2.30. The summed E-state index contributed by atoms with van der Waals surface area (Å²) in [5.74, 6) is -1.68. The molecule has 0 spiro atoms. The van der Waals surface area contributed by atoms with Crippen LogP contribution < -0.4 is 10.6 Å². The number of carboxylic acids is 1. The van der Waals surface area contributed by atoms with Gasteiger partial charge in [-0.2, -0.15) is 0 Å². The van der Waals surface area contributed by atoms with Gasteiger partial charge in [0.25, 0.3) is 0 Å². The lowest BCUT2D eigenvalue weighted by Crippen LogP contribution is -2.48. The number of carbonyl (C=O) groups excluding carboxylic acids is 2. The third-order valence-electron chi connectivity index (χ3n) is 5.96. The predicted molar refractivity (Wildman–Crippen MR) is 126 cm³/mol. The normalized spacial score (nSPS) is 14.2. The molecule has 0 saturated heterocycles. The number of nitrogens with one attached hydrogen (secondary N) is 2. The number of amides is 2. The zero-order chi connectivity index (χ0) is 24.0. The minimum absolute atomic E-state index is 0.0574. The van der Waals surface area contributed by atoms with Crippen LogP contribution in [0.4, 0.5) is 4.79 Å². The molecule has 176 valence electrons. The van der Waals surface area contributed by atoms with Crippen LogP contribution in [0, 0.1) is 11.8 Å². The van der Waals surface area contributed by atoms with E-state index < -0.39 is 24.0 Å². The first-order valence-corrected chi connectivity index (χ1v) is 11.4. The highest BCUT2D eigenvalue weighted by Crippen LogP contribution is 2.44. The van der Waals surface area contributed by atoms with Crippen LogP contribution in [-0.2, 0) is 14.3 Å². The molecule has 2 aromatic rings. The largest absolute Gasteiger partial charge is 0.481 e. The van der Waals surface area contributed by atoms with Gasteiger partial charge in [-0.1, -0.05) is 69.3 Å². The molecule has 0 aromatic heterocycles. The van der Waals surface area contributed by atoms with E-state index in [9.17, 15) is 14.4 Å². The molecule has 7 heteroatoms. The number of fused-ring (bicyclic) bond motifs is 3. The summed E-state index contributed by atoms with van der Waals surface area (Å²) >= 11 is 0. The number of alkyl carbamates (subject to hydrolysis) is 1. The molecule has 0 heterocycles. The highest BCUT2D eigenvalue weighted by atomic mass is 16.5. The van der Waals surface area contributed by atoms with Crippen molar-refractivity contribution in [3.8, 4) is 11.1 Å². The smallest absolute Gasteiger partial charge is 0.407 e. The van der Waals surface area contributed by atoms with Crippen molar-refractivity contribution in [1.82, 2.24) is 10.6 Å². The van der Waals surface area contributed by atoms with Crippen LogP contribution >= 0.6 is 0 Å². The maximum atomic E-state index is 12.6. The first kappa shape index (κ1) is 24.3. The molecule has 1 aliphatic carbocycles. The summed E-state index contributed by atoms with van der Waals surface area (Å²) in [7, 11) is 0. The Balaban J connectivity index is 1.59. The van der Waals surface area contributed by atoms with E-state index in [1.807, 2.05) is 50.2 Å². The third-order valence-corrected chi connectivity index (χ3v) is 5.96. The van der Waals surface area contributed by atoms with E-state index in [4.69, 9.17) is 9.84 Å². The standard InChI is InChI=1S/C26H32N2O5/c1-16(2)14-23(24(29)27-13-12-17(3)25(30)31)28-26(32)33-15-22-20-10-6-4-8-18(20)19-9-5-7-11-21(19)22/h4-11,16-17,22-23H,12-15H2,1-3H3,(H,27,29)(H,28,32)(H,30,31)/t17?,23-/m0/s1. The molecular weight excluding hydrogens is 420 g/mol. The fourth-order valence-electron chi connectivity index (χ4n) is 4.14. The molecule has 2 atom stereocenters. The summed E-state index contributed by atoms with van der Waals surface area (Å²) in [6, 6.07) is 15.4. The van der Waals surface area contributed by atoms with E-state index in [0.29, 0.717) is 12.8 Å². The number of hydrogen-bond donors (Lipinski definition) is 3. The molecule has 2 aromatic carbocycles. The monoisotopic (exact) mass is 452 g/mol. The molecule has 0 fully saturated rings. The number of ether oxygens (including phenoxy) is 1. The Kier molecular flexibility index (Phi) is 8.09. The van der Waals surface area contributed by atoms with Crippen molar-refractivity contribution in [2.45, 2.75) is 45.6 Å². The zero-order valence-electron chi connectivity index (χ0n) is 19.3. The maximum Gasteiger partial charge on any atom is 0.407 e. The van der Waals surface area contributed by atoms with Crippen molar-refractivity contribution in [3.63, 3.8) is 0 Å². The number of benzene rings is 2. The third kappa shape index (κ3) is 6.12. The Morgan fingerprint density at radius 2 is 1.55 bits per heavy atom. The highest BCUT2D eigenvalue weighted by molar-refractivity contribution is 5.85. The van der Waals surface area contributed by atoms with E-state index in [1.165, 1.54) is 0 Å². The van der Waals surface area contributed by atoms with Gasteiger partial charge in [-0.05, 0) is 41.0 Å². The Labute approximate surface area is 194 Å². The quantitative estimate of drug-likeness (QED) is 0.502. The van der Waals surface area contributed by atoms with Gasteiger partial charge in [0.2, 0.25) is 5.91 Å². The van der Waals surface area contributed by atoms with Crippen molar-refractivity contribution >= 4 is 18.0 Å². The predicted octanol–water partition coefficient (Wildman–Crippen LogP) is 4.17. The van der Waals surface area contributed by atoms with Gasteiger partial charge in [-0.15, -0.1) is 0 Å². The average Bonchev–Trinajstić information content (AvgIpc) is 3.10. The van der Waals surface area contributed by atoms with Crippen LogP contribution in [-0.4, -0.2) is 42.3 Å². The lowest BCUT2D eigenvalue weighted by Gasteiger charge is -2.21. The molecule has 0 saturated carbocycles. The van der Waals surface area contributed by atoms with Gasteiger partial charge < -0.3 is 20.5 Å². The fraction of sp³-hybridized carbons (Fsp3) is 0.423. The summed E-state index contributed by atoms with van der Waals surface area (Å²) in [5, 5.41) is 14.4. The van der Waals surface area contributed by atoms with Gasteiger partial charge in [-0.3, -0.25) is 9.59 Å². The van der Waals surface area contributed by atoms with Crippen LogP contribution in [0.15, 0.2) is 48.5 Å². The average molecular weight is 453 g/mol. The van der Waals surface area contributed by atoms with E-state index in [-0.39, 0.29) is 30.9 Å². The first-order valence-electron chi connectivity index (χ1n) is 11.4. The Morgan fingerprint density at radius 1 is 0.970 bits per heavy atom. The Hall–Kier alpha value is -3.35. The van der Waals surface area contributed by atoms with E-state index >= 15 is 0 Å². The number of hydrogen-bond acceptors (Lipinski definition) is 4. The lowest BCUT2D eigenvalue weighted by atomic mass is 9.98. The van der Waals surface area contributed by atoms with E-state index in [2.05, 4.69) is 22.8 Å². The zero-order valence-corrected chi connectivity index (χ0v) is 19.3. The van der Waals surface area contributed by atoms with Gasteiger partial charge in [-0.25, -0.2) is 4.79 Å². The molecule has 3 N–H and O–H groups in total. The molecule has 3 rings (SSSR count). The molecular formula is C26H32N2O5. The van der Waals surface area contributed by atoms with Crippen molar-refractivity contribution < 1.29 is 24.2 Å².